The Bertz CT molecular complexity index is 380. The highest BCUT2D eigenvalue weighted by Gasteiger charge is 2.11. The maximum absolute atomic E-state index is 11.9. The van der Waals surface area contributed by atoms with E-state index in [1.54, 1.807) is 18.9 Å². The summed E-state index contributed by atoms with van der Waals surface area (Å²) < 4.78 is 5.24. The number of methoxy groups -OCH3 is 1. The second kappa shape index (κ2) is 7.22. The van der Waals surface area contributed by atoms with Crippen molar-refractivity contribution < 1.29 is 9.53 Å². The molecular weight excluding hydrogens is 234 g/mol. The Hall–Kier alpha value is -1.16. The number of ether oxygens (including phenoxy) is 1. The molecular formula is C13H19NO2S. The number of carbonyl (C=O) groups excluding carboxylic acids is 1. The maximum atomic E-state index is 11.9. The molecule has 0 radical (unpaired) electrons. The normalized spacial score (nSPS) is 10.1. The van der Waals surface area contributed by atoms with E-state index in [-0.39, 0.29) is 5.91 Å². The second-order valence-corrected chi connectivity index (χ2v) is 4.56. The first-order chi connectivity index (χ1) is 8.22. The van der Waals surface area contributed by atoms with Gasteiger partial charge in [0.1, 0.15) is 5.75 Å². The molecule has 0 bridgehead atoms. The van der Waals surface area contributed by atoms with E-state index >= 15 is 0 Å². The third kappa shape index (κ3) is 3.97. The van der Waals surface area contributed by atoms with Crippen LogP contribution in [0.2, 0.25) is 0 Å². The van der Waals surface area contributed by atoms with E-state index in [9.17, 15) is 4.79 Å². The minimum absolute atomic E-state index is 0.0667. The lowest BCUT2D eigenvalue weighted by molar-refractivity contribution is 0.0950. The molecule has 1 amide bonds. The summed E-state index contributed by atoms with van der Waals surface area (Å²) in [5.74, 6) is 0.564. The van der Waals surface area contributed by atoms with Crippen molar-refractivity contribution in [3.8, 4) is 5.75 Å². The lowest BCUT2D eigenvalue weighted by atomic mass is 10.2. The topological polar surface area (TPSA) is 38.3 Å². The molecule has 0 spiro atoms. The van der Waals surface area contributed by atoms with Crippen molar-refractivity contribution in [3.63, 3.8) is 0 Å². The molecule has 1 N–H and O–H groups in total. The molecule has 0 aliphatic rings. The number of thioether (sulfide) groups is 1. The second-order valence-electron chi connectivity index (χ2n) is 3.68. The zero-order valence-corrected chi connectivity index (χ0v) is 11.4. The minimum atomic E-state index is -0.0667. The predicted molar refractivity (Wildman–Crippen MR) is 72.0 cm³/mol. The number of carbonyl (C=O) groups is 1. The van der Waals surface area contributed by atoms with Gasteiger partial charge in [-0.2, -0.15) is 0 Å². The van der Waals surface area contributed by atoms with Gasteiger partial charge in [0, 0.05) is 11.4 Å². The molecule has 0 aliphatic heterocycles. The molecule has 0 aromatic heterocycles. The van der Waals surface area contributed by atoms with Gasteiger partial charge >= 0.3 is 0 Å². The standard InChI is InChI=1S/C13H19NO2S/c1-4-5-8-14-13(15)11-7-6-10(17-3)9-12(11)16-2/h6-7,9H,4-5,8H2,1-3H3,(H,14,15). The highest BCUT2D eigenvalue weighted by Crippen LogP contribution is 2.25. The SMILES string of the molecule is CCCCNC(=O)c1ccc(SC)cc1OC. The maximum Gasteiger partial charge on any atom is 0.255 e. The van der Waals surface area contributed by atoms with E-state index in [1.165, 1.54) is 0 Å². The largest absolute Gasteiger partial charge is 0.496 e. The fourth-order valence-electron chi connectivity index (χ4n) is 1.46. The van der Waals surface area contributed by atoms with Gasteiger partial charge in [0.05, 0.1) is 12.7 Å². The van der Waals surface area contributed by atoms with Crippen molar-refractivity contribution in [1.29, 1.82) is 0 Å². The highest BCUT2D eigenvalue weighted by atomic mass is 32.2. The third-order valence-electron chi connectivity index (χ3n) is 2.47. The average Bonchev–Trinajstić information content (AvgIpc) is 2.38. The van der Waals surface area contributed by atoms with Crippen LogP contribution in [0.3, 0.4) is 0 Å². The molecule has 17 heavy (non-hydrogen) atoms. The predicted octanol–water partition coefficient (Wildman–Crippen LogP) is 2.95. The molecule has 0 saturated heterocycles. The van der Waals surface area contributed by atoms with E-state index in [0.717, 1.165) is 17.7 Å². The Morgan fingerprint density at radius 2 is 2.24 bits per heavy atom. The van der Waals surface area contributed by atoms with Crippen LogP contribution in [-0.2, 0) is 0 Å². The Morgan fingerprint density at radius 3 is 2.82 bits per heavy atom. The van der Waals surface area contributed by atoms with Crippen LogP contribution in [0.4, 0.5) is 0 Å². The smallest absolute Gasteiger partial charge is 0.255 e. The van der Waals surface area contributed by atoms with Crippen LogP contribution >= 0.6 is 11.8 Å². The van der Waals surface area contributed by atoms with Crippen molar-refractivity contribution in [1.82, 2.24) is 5.32 Å². The highest BCUT2D eigenvalue weighted by molar-refractivity contribution is 7.98. The van der Waals surface area contributed by atoms with Crippen LogP contribution in [0.25, 0.3) is 0 Å². The number of hydrogen-bond donors (Lipinski definition) is 1. The van der Waals surface area contributed by atoms with Gasteiger partial charge in [0.2, 0.25) is 0 Å². The summed E-state index contributed by atoms with van der Waals surface area (Å²) in [4.78, 5) is 13.0. The van der Waals surface area contributed by atoms with E-state index in [1.807, 2.05) is 24.5 Å². The zero-order chi connectivity index (χ0) is 12.7. The van der Waals surface area contributed by atoms with E-state index < -0.39 is 0 Å². The Labute approximate surface area is 107 Å². The fraction of sp³-hybridized carbons (Fsp3) is 0.462. The van der Waals surface area contributed by atoms with Gasteiger partial charge in [-0.1, -0.05) is 13.3 Å². The van der Waals surface area contributed by atoms with Gasteiger partial charge in [-0.15, -0.1) is 11.8 Å². The van der Waals surface area contributed by atoms with Crippen LogP contribution in [0.15, 0.2) is 23.1 Å². The fourth-order valence-corrected chi connectivity index (χ4v) is 1.89. The van der Waals surface area contributed by atoms with Crippen molar-refractivity contribution in [2.45, 2.75) is 24.7 Å². The summed E-state index contributed by atoms with van der Waals surface area (Å²) in [6.07, 6.45) is 4.07. The number of nitrogens with one attached hydrogen (secondary N) is 1. The summed E-state index contributed by atoms with van der Waals surface area (Å²) in [5.41, 5.74) is 0.599. The molecule has 94 valence electrons. The molecule has 3 nitrogen and oxygen atoms in total. The monoisotopic (exact) mass is 253 g/mol. The average molecular weight is 253 g/mol. The molecule has 0 atom stereocenters. The molecule has 1 aromatic carbocycles. The number of hydrogen-bond acceptors (Lipinski definition) is 3. The first kappa shape index (κ1) is 13.9. The summed E-state index contributed by atoms with van der Waals surface area (Å²) >= 11 is 1.63. The first-order valence-corrected chi connectivity index (χ1v) is 6.95. The Balaban J connectivity index is 2.78. The van der Waals surface area contributed by atoms with E-state index in [0.29, 0.717) is 17.9 Å². The first-order valence-electron chi connectivity index (χ1n) is 5.73. The third-order valence-corrected chi connectivity index (χ3v) is 3.19. The molecule has 1 rings (SSSR count). The van der Waals surface area contributed by atoms with Crippen LogP contribution in [0, 0.1) is 0 Å². The van der Waals surface area contributed by atoms with Crippen LogP contribution in [-0.4, -0.2) is 25.8 Å². The van der Waals surface area contributed by atoms with Crippen LogP contribution < -0.4 is 10.1 Å². The van der Waals surface area contributed by atoms with Crippen molar-refractivity contribution in [2.24, 2.45) is 0 Å². The van der Waals surface area contributed by atoms with Crippen molar-refractivity contribution >= 4 is 17.7 Å². The minimum Gasteiger partial charge on any atom is -0.496 e. The quantitative estimate of drug-likeness (QED) is 0.625. The van der Waals surface area contributed by atoms with Crippen molar-refractivity contribution in [3.05, 3.63) is 23.8 Å². The zero-order valence-electron chi connectivity index (χ0n) is 10.6. The Kier molecular flexibility index (Phi) is 5.91. The number of unbranched alkanes of at least 4 members (excludes halogenated alkanes) is 1. The molecule has 0 unspecified atom stereocenters. The van der Waals surface area contributed by atoms with E-state index in [4.69, 9.17) is 4.74 Å². The van der Waals surface area contributed by atoms with Gasteiger partial charge in [-0.25, -0.2) is 0 Å². The number of amides is 1. The van der Waals surface area contributed by atoms with Gasteiger partial charge in [-0.3, -0.25) is 4.79 Å². The van der Waals surface area contributed by atoms with Gasteiger partial charge in [-0.05, 0) is 30.9 Å². The van der Waals surface area contributed by atoms with E-state index in [2.05, 4.69) is 12.2 Å². The molecule has 0 saturated carbocycles. The van der Waals surface area contributed by atoms with Gasteiger partial charge in [0.25, 0.3) is 5.91 Å². The summed E-state index contributed by atoms with van der Waals surface area (Å²) in [7, 11) is 1.59. The molecule has 4 heteroatoms. The molecule has 0 heterocycles. The molecule has 1 aromatic rings. The summed E-state index contributed by atoms with van der Waals surface area (Å²) in [6.45, 7) is 2.81. The van der Waals surface area contributed by atoms with Gasteiger partial charge in [0.15, 0.2) is 0 Å². The summed E-state index contributed by atoms with van der Waals surface area (Å²) in [5, 5.41) is 2.89. The van der Waals surface area contributed by atoms with Gasteiger partial charge < -0.3 is 10.1 Å². The number of rotatable bonds is 6. The lowest BCUT2D eigenvalue weighted by Crippen LogP contribution is -2.24. The van der Waals surface area contributed by atoms with Crippen LogP contribution in [0.1, 0.15) is 30.1 Å². The van der Waals surface area contributed by atoms with Crippen LogP contribution in [0.5, 0.6) is 5.75 Å². The Morgan fingerprint density at radius 1 is 1.47 bits per heavy atom. The lowest BCUT2D eigenvalue weighted by Gasteiger charge is -2.10. The van der Waals surface area contributed by atoms with Crippen molar-refractivity contribution in [2.75, 3.05) is 19.9 Å². The molecule has 0 fully saturated rings. The number of benzene rings is 1. The summed E-state index contributed by atoms with van der Waals surface area (Å²) in [6, 6.07) is 5.63. The molecule has 0 aliphatic carbocycles.